The zero-order chi connectivity index (χ0) is 30.9. The Bertz CT molecular complexity index is 1770. The summed E-state index contributed by atoms with van der Waals surface area (Å²) in [5.74, 6) is -2.46. The van der Waals surface area contributed by atoms with Gasteiger partial charge in [-0.2, -0.15) is 27.1 Å². The van der Waals surface area contributed by atoms with Crippen molar-refractivity contribution >= 4 is 54.9 Å². The van der Waals surface area contributed by atoms with Gasteiger partial charge in [-0.25, -0.2) is 18.1 Å². The molecule has 0 unspecified atom stereocenters. The molecule has 0 spiro atoms. The van der Waals surface area contributed by atoms with Gasteiger partial charge in [-0.15, -0.1) is 0 Å². The lowest BCUT2D eigenvalue weighted by Crippen LogP contribution is -2.42. The number of hydrogen-bond acceptors (Lipinski definition) is 6. The number of nitrogens with zero attached hydrogens (tertiary/aromatic N) is 3. The third-order valence-electron chi connectivity index (χ3n) is 5.59. The molecular weight excluding hydrogens is 677 g/mol. The van der Waals surface area contributed by atoms with Gasteiger partial charge in [0.15, 0.2) is 5.82 Å². The topological polar surface area (TPSA) is 123 Å². The minimum atomic E-state index is -5.24. The Balaban J connectivity index is 1.65. The largest absolute Gasteiger partial charge is 0.416 e. The molecule has 2 heterocycles. The Morgan fingerprint density at radius 1 is 0.952 bits per heavy atom. The van der Waals surface area contributed by atoms with Gasteiger partial charge in [0, 0.05) is 12.3 Å². The summed E-state index contributed by atoms with van der Waals surface area (Å²) < 4.78 is 95.7. The highest BCUT2D eigenvalue weighted by atomic mass is 79.9. The van der Waals surface area contributed by atoms with E-state index in [0.29, 0.717) is 18.2 Å². The fourth-order valence-electron chi connectivity index (χ4n) is 3.56. The van der Waals surface area contributed by atoms with Gasteiger partial charge < -0.3 is 10.6 Å². The lowest BCUT2D eigenvalue weighted by Gasteiger charge is -2.19. The number of hydrogen-bond donors (Lipinski definition) is 2. The molecule has 4 aromatic rings. The molecule has 0 atom stereocenters. The maximum absolute atomic E-state index is 14.7. The van der Waals surface area contributed by atoms with Crippen molar-refractivity contribution in [2.45, 2.75) is 16.3 Å². The van der Waals surface area contributed by atoms with E-state index in [0.717, 1.165) is 16.8 Å². The number of alkyl halides is 5. The molecule has 2 N–H and O–H groups in total. The minimum Gasteiger partial charge on any atom is -0.345 e. The molecule has 0 saturated heterocycles. The van der Waals surface area contributed by atoms with Gasteiger partial charge in [0.1, 0.15) is 10.3 Å². The van der Waals surface area contributed by atoms with Crippen molar-refractivity contribution < 1.29 is 40.0 Å². The molecule has 0 aliphatic carbocycles. The van der Waals surface area contributed by atoms with Crippen LogP contribution in [-0.2, 0) is 16.0 Å². The molecule has 0 aliphatic heterocycles. The second-order valence-corrected chi connectivity index (χ2v) is 11.7. The number of amides is 2. The number of pyridine rings is 1. The maximum atomic E-state index is 14.7. The fourth-order valence-corrected chi connectivity index (χ4v) is 5.26. The average Bonchev–Trinajstić information content (AvgIpc) is 3.33. The number of halogens is 7. The second kappa shape index (κ2) is 11.8. The number of sulfone groups is 1. The Morgan fingerprint density at radius 3 is 2.29 bits per heavy atom. The summed E-state index contributed by atoms with van der Waals surface area (Å²) in [5.41, 5.74) is -2.91. The SMILES string of the molecule is O=C(NCC(F)(F)S(=O)(=O)c1ccccc1)c1ccc(C(F)(F)F)cc1NC(=O)c1cc(Br)nn1-c1ncccc1Cl. The molecule has 9 nitrogen and oxygen atoms in total. The van der Waals surface area contributed by atoms with Gasteiger partial charge in [-0.05, 0) is 58.4 Å². The first-order valence-corrected chi connectivity index (χ1v) is 14.1. The van der Waals surface area contributed by atoms with Crippen LogP contribution in [-0.4, -0.2) is 46.8 Å². The summed E-state index contributed by atoms with van der Waals surface area (Å²) in [5, 5.41) is 3.52. The van der Waals surface area contributed by atoms with Crippen LogP contribution in [0.2, 0.25) is 5.02 Å². The number of rotatable bonds is 8. The van der Waals surface area contributed by atoms with Crippen LogP contribution in [0.15, 0.2) is 82.4 Å². The van der Waals surface area contributed by atoms with E-state index >= 15 is 0 Å². The predicted octanol–water partition coefficient (Wildman–Crippen LogP) is 5.75. The summed E-state index contributed by atoms with van der Waals surface area (Å²) in [6.07, 6.45) is -3.56. The van der Waals surface area contributed by atoms with E-state index in [1.54, 1.807) is 5.32 Å². The lowest BCUT2D eigenvalue weighted by molar-refractivity contribution is -0.137. The Labute approximate surface area is 247 Å². The maximum Gasteiger partial charge on any atom is 0.416 e. The highest BCUT2D eigenvalue weighted by molar-refractivity contribution is 9.10. The molecule has 220 valence electrons. The van der Waals surface area contributed by atoms with E-state index in [2.05, 4.69) is 31.3 Å². The summed E-state index contributed by atoms with van der Waals surface area (Å²) in [4.78, 5) is 29.4. The molecule has 4 rings (SSSR count). The van der Waals surface area contributed by atoms with Crippen molar-refractivity contribution in [1.82, 2.24) is 20.1 Å². The van der Waals surface area contributed by atoms with Crippen molar-refractivity contribution in [3.63, 3.8) is 0 Å². The van der Waals surface area contributed by atoms with Crippen LogP contribution in [0.25, 0.3) is 5.82 Å². The first-order valence-electron chi connectivity index (χ1n) is 11.5. The standard InChI is InChI=1S/C25H16BrClF5N5O4S/c26-20-12-19(37(36-20)21-17(27)7-4-10-33-21)23(39)35-18-11-14(25(30,31)32)8-9-16(18)22(38)34-13-24(28,29)42(40,41)15-5-2-1-3-6-15/h1-12H,13H2,(H,34,38)(H,35,39). The molecule has 2 aromatic carbocycles. The number of carbonyl (C=O) groups excluding carboxylic acids is 2. The van der Waals surface area contributed by atoms with Gasteiger partial charge in [0.05, 0.1) is 33.3 Å². The molecule has 42 heavy (non-hydrogen) atoms. The van der Waals surface area contributed by atoms with E-state index in [4.69, 9.17) is 11.6 Å². The Morgan fingerprint density at radius 2 is 1.64 bits per heavy atom. The number of nitrogens with one attached hydrogen (secondary N) is 2. The molecule has 0 radical (unpaired) electrons. The third kappa shape index (κ3) is 6.44. The molecule has 0 aliphatic rings. The second-order valence-electron chi connectivity index (χ2n) is 8.42. The van der Waals surface area contributed by atoms with Gasteiger partial charge in [-0.1, -0.05) is 29.8 Å². The molecule has 17 heteroatoms. The summed E-state index contributed by atoms with van der Waals surface area (Å²) in [6.45, 7) is -1.71. The Hall–Kier alpha value is -3.89. The zero-order valence-electron chi connectivity index (χ0n) is 20.7. The third-order valence-corrected chi connectivity index (χ3v) is 8.10. The van der Waals surface area contributed by atoms with Gasteiger partial charge in [0.25, 0.3) is 11.8 Å². The molecule has 0 fully saturated rings. The summed E-state index contributed by atoms with van der Waals surface area (Å²) in [6, 6.07) is 11.5. The van der Waals surface area contributed by atoms with E-state index in [-0.39, 0.29) is 21.1 Å². The van der Waals surface area contributed by atoms with Crippen LogP contribution in [0.1, 0.15) is 26.4 Å². The zero-order valence-corrected chi connectivity index (χ0v) is 23.8. The van der Waals surface area contributed by atoms with Gasteiger partial charge in [-0.3, -0.25) is 9.59 Å². The van der Waals surface area contributed by atoms with Crippen molar-refractivity contribution in [3.05, 3.63) is 99.4 Å². The van der Waals surface area contributed by atoms with Crippen molar-refractivity contribution in [2.24, 2.45) is 0 Å². The normalized spacial score (nSPS) is 12.2. The first kappa shape index (κ1) is 31.1. The summed E-state index contributed by atoms with van der Waals surface area (Å²) in [7, 11) is -5.24. The highest BCUT2D eigenvalue weighted by Crippen LogP contribution is 2.33. The number of aromatic nitrogens is 3. The van der Waals surface area contributed by atoms with Crippen LogP contribution < -0.4 is 10.6 Å². The van der Waals surface area contributed by atoms with E-state index in [1.165, 1.54) is 42.6 Å². The highest BCUT2D eigenvalue weighted by Gasteiger charge is 2.46. The number of anilines is 1. The fraction of sp³-hybridized carbons (Fsp3) is 0.120. The first-order chi connectivity index (χ1) is 19.6. The van der Waals surface area contributed by atoms with E-state index in [1.807, 2.05) is 0 Å². The van der Waals surface area contributed by atoms with Crippen LogP contribution in [0.4, 0.5) is 27.6 Å². The quantitative estimate of drug-likeness (QED) is 0.227. The van der Waals surface area contributed by atoms with Crippen LogP contribution in [0, 0.1) is 0 Å². The average molecular weight is 693 g/mol. The van der Waals surface area contributed by atoms with Crippen molar-refractivity contribution in [2.75, 3.05) is 11.9 Å². The smallest absolute Gasteiger partial charge is 0.345 e. The van der Waals surface area contributed by atoms with Gasteiger partial charge >= 0.3 is 11.4 Å². The molecule has 0 saturated carbocycles. The van der Waals surface area contributed by atoms with Crippen LogP contribution in [0.3, 0.4) is 0 Å². The van der Waals surface area contributed by atoms with Crippen molar-refractivity contribution in [1.29, 1.82) is 0 Å². The summed E-state index contributed by atoms with van der Waals surface area (Å²) >= 11 is 9.22. The minimum absolute atomic E-state index is 0.00103. The molecular formula is C25H16BrClF5N5O4S. The monoisotopic (exact) mass is 691 g/mol. The predicted molar refractivity (Wildman–Crippen MR) is 144 cm³/mol. The van der Waals surface area contributed by atoms with Crippen molar-refractivity contribution in [3.8, 4) is 5.82 Å². The number of carbonyl (C=O) groups is 2. The number of benzene rings is 2. The van der Waals surface area contributed by atoms with E-state index in [9.17, 15) is 40.0 Å². The van der Waals surface area contributed by atoms with Gasteiger partial charge in [0.2, 0.25) is 9.84 Å². The Kier molecular flexibility index (Phi) is 8.71. The van der Waals surface area contributed by atoms with Crippen LogP contribution >= 0.6 is 27.5 Å². The molecule has 2 amide bonds. The molecule has 0 bridgehead atoms. The lowest BCUT2D eigenvalue weighted by atomic mass is 10.1. The van der Waals surface area contributed by atoms with Crippen LogP contribution in [0.5, 0.6) is 0 Å². The molecule has 2 aromatic heterocycles. The van der Waals surface area contributed by atoms with E-state index < -0.39 is 61.3 Å².